The third-order valence-corrected chi connectivity index (χ3v) is 5.09. The summed E-state index contributed by atoms with van der Waals surface area (Å²) in [5, 5.41) is 17.9. The summed E-state index contributed by atoms with van der Waals surface area (Å²) in [6.45, 7) is 2.63. The molecule has 3 aromatic heterocycles. The van der Waals surface area contributed by atoms with Crippen LogP contribution in [-0.4, -0.2) is 14.6 Å². The molecular formula is C21H16BrN5. The monoisotopic (exact) mass is 417 g/mol. The summed E-state index contributed by atoms with van der Waals surface area (Å²) in [5.41, 5.74) is 5.34. The van der Waals surface area contributed by atoms with E-state index in [1.807, 2.05) is 55.6 Å². The van der Waals surface area contributed by atoms with Crippen LogP contribution in [0.3, 0.4) is 0 Å². The molecule has 27 heavy (non-hydrogen) atoms. The van der Waals surface area contributed by atoms with Gasteiger partial charge in [0.25, 0.3) is 0 Å². The number of nitrogens with zero attached hydrogens (tertiary/aromatic N) is 4. The smallest absolute Gasteiger partial charge is 0.132 e. The molecule has 0 atom stereocenters. The van der Waals surface area contributed by atoms with Crippen molar-refractivity contribution >= 4 is 27.3 Å². The molecule has 1 N–H and O–H groups in total. The topological polar surface area (TPSA) is 66.0 Å². The number of nitriles is 1. The van der Waals surface area contributed by atoms with Gasteiger partial charge in [-0.1, -0.05) is 36.4 Å². The molecule has 0 bridgehead atoms. The fraction of sp³-hybridized carbons (Fsp3) is 0.0952. The number of anilines is 1. The Labute approximate surface area is 165 Å². The SMILES string of the molecule is Cc1c(-c2ccccc2)c(C#N)c2c(Br)cnn2c1NCc1cccnc1. The van der Waals surface area contributed by atoms with Gasteiger partial charge in [0, 0.05) is 30.1 Å². The molecule has 0 spiro atoms. The first-order valence-electron chi connectivity index (χ1n) is 8.48. The maximum absolute atomic E-state index is 9.90. The fourth-order valence-corrected chi connectivity index (χ4v) is 3.73. The van der Waals surface area contributed by atoms with Crippen molar-refractivity contribution < 1.29 is 0 Å². The van der Waals surface area contributed by atoms with Crippen LogP contribution < -0.4 is 5.32 Å². The summed E-state index contributed by atoms with van der Waals surface area (Å²) in [6, 6.07) is 16.3. The Bertz CT molecular complexity index is 1140. The maximum atomic E-state index is 9.90. The van der Waals surface area contributed by atoms with Crippen molar-refractivity contribution in [1.82, 2.24) is 14.6 Å². The van der Waals surface area contributed by atoms with Crippen LogP contribution in [0.4, 0.5) is 5.82 Å². The van der Waals surface area contributed by atoms with E-state index >= 15 is 0 Å². The van der Waals surface area contributed by atoms with Crippen molar-refractivity contribution in [3.8, 4) is 17.2 Å². The lowest BCUT2D eigenvalue weighted by atomic mass is 9.95. The lowest BCUT2D eigenvalue weighted by Gasteiger charge is -2.18. The number of aromatic nitrogens is 3. The summed E-state index contributed by atoms with van der Waals surface area (Å²) < 4.78 is 2.58. The Kier molecular flexibility index (Phi) is 4.61. The molecule has 0 unspecified atom stereocenters. The minimum absolute atomic E-state index is 0.606. The van der Waals surface area contributed by atoms with Gasteiger partial charge in [0.15, 0.2) is 0 Å². The van der Waals surface area contributed by atoms with Gasteiger partial charge >= 0.3 is 0 Å². The van der Waals surface area contributed by atoms with Gasteiger partial charge < -0.3 is 5.32 Å². The van der Waals surface area contributed by atoms with Crippen molar-refractivity contribution in [2.24, 2.45) is 0 Å². The molecule has 4 aromatic rings. The van der Waals surface area contributed by atoms with Gasteiger partial charge in [-0.05, 0) is 40.0 Å². The number of halogens is 1. The molecule has 4 rings (SSSR count). The molecule has 0 aliphatic carbocycles. The summed E-state index contributed by atoms with van der Waals surface area (Å²) in [4.78, 5) is 4.17. The zero-order valence-corrected chi connectivity index (χ0v) is 16.2. The number of rotatable bonds is 4. The maximum Gasteiger partial charge on any atom is 0.132 e. The van der Waals surface area contributed by atoms with Gasteiger partial charge in [-0.2, -0.15) is 10.4 Å². The van der Waals surface area contributed by atoms with Crippen LogP contribution in [0.25, 0.3) is 16.6 Å². The lowest BCUT2D eigenvalue weighted by molar-refractivity contribution is 0.932. The molecule has 1 aromatic carbocycles. The summed E-state index contributed by atoms with van der Waals surface area (Å²) in [5.74, 6) is 0.859. The third-order valence-electron chi connectivity index (χ3n) is 4.51. The zero-order chi connectivity index (χ0) is 18.8. The molecule has 3 heterocycles. The summed E-state index contributed by atoms with van der Waals surface area (Å²) >= 11 is 3.55. The summed E-state index contributed by atoms with van der Waals surface area (Å²) in [6.07, 6.45) is 5.31. The van der Waals surface area contributed by atoms with E-state index in [1.165, 1.54) is 0 Å². The van der Waals surface area contributed by atoms with Crippen LogP contribution in [0.1, 0.15) is 16.7 Å². The largest absolute Gasteiger partial charge is 0.366 e. The standard InChI is InChI=1S/C21H16BrN5/c1-14-19(16-7-3-2-4-8-16)17(10-23)20-18(22)13-26-27(20)21(14)25-12-15-6-5-9-24-11-15/h2-9,11,13,25H,12H2,1H3. The van der Waals surface area contributed by atoms with Gasteiger partial charge in [-0.3, -0.25) is 4.98 Å². The van der Waals surface area contributed by atoms with E-state index in [0.717, 1.165) is 38.1 Å². The molecule has 0 aliphatic rings. The number of hydrogen-bond acceptors (Lipinski definition) is 4. The molecule has 6 heteroatoms. The average Bonchev–Trinajstić information content (AvgIpc) is 3.09. The fourth-order valence-electron chi connectivity index (χ4n) is 3.28. The first-order valence-corrected chi connectivity index (χ1v) is 9.28. The third kappa shape index (κ3) is 3.07. The molecule has 0 radical (unpaired) electrons. The second-order valence-electron chi connectivity index (χ2n) is 6.17. The highest BCUT2D eigenvalue weighted by Crippen LogP contribution is 2.37. The Morgan fingerprint density at radius 3 is 2.67 bits per heavy atom. The van der Waals surface area contributed by atoms with Crippen LogP contribution in [0.2, 0.25) is 0 Å². The predicted octanol–water partition coefficient (Wildman–Crippen LogP) is 4.95. The highest BCUT2D eigenvalue weighted by Gasteiger charge is 2.21. The first-order chi connectivity index (χ1) is 13.2. The molecule has 132 valence electrons. The van der Waals surface area contributed by atoms with Crippen molar-refractivity contribution in [3.63, 3.8) is 0 Å². The van der Waals surface area contributed by atoms with Crippen LogP contribution in [-0.2, 0) is 6.54 Å². The average molecular weight is 418 g/mol. The van der Waals surface area contributed by atoms with E-state index in [-0.39, 0.29) is 0 Å². The number of hydrogen-bond donors (Lipinski definition) is 1. The van der Waals surface area contributed by atoms with E-state index in [4.69, 9.17) is 0 Å². The molecular weight excluding hydrogens is 402 g/mol. The summed E-state index contributed by atoms with van der Waals surface area (Å²) in [7, 11) is 0. The minimum atomic E-state index is 0.606. The molecule has 0 aliphatic heterocycles. The second-order valence-corrected chi connectivity index (χ2v) is 7.02. The lowest BCUT2D eigenvalue weighted by Crippen LogP contribution is -2.10. The van der Waals surface area contributed by atoms with Gasteiger partial charge in [-0.15, -0.1) is 0 Å². The minimum Gasteiger partial charge on any atom is -0.366 e. The highest BCUT2D eigenvalue weighted by molar-refractivity contribution is 9.10. The predicted molar refractivity (Wildman–Crippen MR) is 109 cm³/mol. The number of fused-ring (bicyclic) bond motifs is 1. The molecule has 0 amide bonds. The van der Waals surface area contributed by atoms with Gasteiger partial charge in [0.05, 0.1) is 16.2 Å². The molecule has 5 nitrogen and oxygen atoms in total. The van der Waals surface area contributed by atoms with E-state index < -0.39 is 0 Å². The Morgan fingerprint density at radius 2 is 1.96 bits per heavy atom. The normalized spacial score (nSPS) is 10.7. The molecule has 0 saturated carbocycles. The number of nitrogens with one attached hydrogen (secondary N) is 1. The van der Waals surface area contributed by atoms with Crippen LogP contribution in [0.15, 0.2) is 65.5 Å². The molecule has 0 fully saturated rings. The van der Waals surface area contributed by atoms with Crippen molar-refractivity contribution in [1.29, 1.82) is 5.26 Å². The highest BCUT2D eigenvalue weighted by atomic mass is 79.9. The van der Waals surface area contributed by atoms with Crippen molar-refractivity contribution in [2.45, 2.75) is 13.5 Å². The van der Waals surface area contributed by atoms with Crippen LogP contribution in [0, 0.1) is 18.3 Å². The Balaban J connectivity index is 1.93. The quantitative estimate of drug-likeness (QED) is 0.509. The van der Waals surface area contributed by atoms with E-state index in [0.29, 0.717) is 12.1 Å². The van der Waals surface area contributed by atoms with E-state index in [1.54, 1.807) is 16.9 Å². The van der Waals surface area contributed by atoms with Gasteiger partial charge in [-0.25, -0.2) is 4.52 Å². The van der Waals surface area contributed by atoms with Crippen LogP contribution in [0.5, 0.6) is 0 Å². The zero-order valence-electron chi connectivity index (χ0n) is 14.6. The Hall–Kier alpha value is -3.17. The Morgan fingerprint density at radius 1 is 1.15 bits per heavy atom. The van der Waals surface area contributed by atoms with Gasteiger partial charge in [0.1, 0.15) is 17.4 Å². The van der Waals surface area contributed by atoms with Gasteiger partial charge in [0.2, 0.25) is 0 Å². The van der Waals surface area contributed by atoms with Crippen LogP contribution >= 0.6 is 15.9 Å². The van der Waals surface area contributed by atoms with E-state index in [9.17, 15) is 5.26 Å². The first kappa shape index (κ1) is 17.3. The van der Waals surface area contributed by atoms with Crippen molar-refractivity contribution in [2.75, 3.05) is 5.32 Å². The second kappa shape index (κ2) is 7.22. The number of pyridine rings is 2. The number of benzene rings is 1. The molecule has 0 saturated heterocycles. The van der Waals surface area contributed by atoms with E-state index in [2.05, 4.69) is 37.4 Å². The van der Waals surface area contributed by atoms with Crippen molar-refractivity contribution in [3.05, 3.63) is 82.2 Å².